The van der Waals surface area contributed by atoms with Crippen molar-refractivity contribution in [3.63, 3.8) is 0 Å². The summed E-state index contributed by atoms with van der Waals surface area (Å²) >= 11 is 0. The first-order valence-electron chi connectivity index (χ1n) is 8.00. The molecule has 2 aromatic rings. The molecular formula is C16H20N4O5. The van der Waals surface area contributed by atoms with Gasteiger partial charge >= 0.3 is 6.09 Å². The smallest absolute Gasteiger partial charge is 0.410 e. The first-order valence-corrected chi connectivity index (χ1v) is 8.00. The number of aromatic nitrogens is 2. The van der Waals surface area contributed by atoms with Gasteiger partial charge in [0, 0.05) is 25.1 Å². The fourth-order valence-corrected chi connectivity index (χ4v) is 2.62. The molecule has 3 rings (SSSR count). The maximum absolute atomic E-state index is 12.1. The van der Waals surface area contributed by atoms with Crippen molar-refractivity contribution in [1.82, 2.24) is 14.9 Å². The van der Waals surface area contributed by atoms with Gasteiger partial charge in [-0.05, 0) is 26.8 Å². The third kappa shape index (κ3) is 3.98. The van der Waals surface area contributed by atoms with Crippen LogP contribution in [-0.4, -0.2) is 50.7 Å². The molecule has 1 fully saturated rings. The first-order chi connectivity index (χ1) is 11.7. The van der Waals surface area contributed by atoms with Crippen LogP contribution in [0.15, 0.2) is 18.2 Å². The molecule has 2 heterocycles. The van der Waals surface area contributed by atoms with Crippen molar-refractivity contribution in [2.24, 2.45) is 0 Å². The number of carbonyl (C=O) groups excluding carboxylic acids is 1. The zero-order valence-corrected chi connectivity index (χ0v) is 14.3. The Morgan fingerprint density at radius 1 is 1.44 bits per heavy atom. The maximum Gasteiger partial charge on any atom is 0.410 e. The van der Waals surface area contributed by atoms with Crippen LogP contribution in [0.3, 0.4) is 0 Å². The molecular weight excluding hydrogens is 328 g/mol. The van der Waals surface area contributed by atoms with Crippen molar-refractivity contribution in [2.75, 3.05) is 13.1 Å². The number of nitro benzene ring substituents is 1. The number of hydrogen-bond donors (Lipinski definition) is 1. The topological polar surface area (TPSA) is 111 Å². The summed E-state index contributed by atoms with van der Waals surface area (Å²) < 4.78 is 11.1. The van der Waals surface area contributed by atoms with E-state index in [1.165, 1.54) is 12.1 Å². The van der Waals surface area contributed by atoms with E-state index in [0.29, 0.717) is 30.5 Å². The summed E-state index contributed by atoms with van der Waals surface area (Å²) in [5.41, 5.74) is 0.567. The van der Waals surface area contributed by atoms with E-state index in [0.717, 1.165) is 0 Å². The molecule has 1 atom stereocenters. The lowest BCUT2D eigenvalue weighted by Gasteiger charge is -2.24. The zero-order chi connectivity index (χ0) is 18.2. The van der Waals surface area contributed by atoms with Crippen molar-refractivity contribution < 1.29 is 19.2 Å². The van der Waals surface area contributed by atoms with Gasteiger partial charge < -0.3 is 19.4 Å². The minimum absolute atomic E-state index is 0.0142. The second kappa shape index (κ2) is 6.23. The fourth-order valence-electron chi connectivity index (χ4n) is 2.62. The molecule has 1 saturated heterocycles. The number of fused-ring (bicyclic) bond motifs is 1. The highest BCUT2D eigenvalue weighted by Crippen LogP contribution is 2.24. The number of aromatic amines is 1. The standard InChI is InChI=1S/C16H20N4O5/c1-16(2,3)25-15(21)19-7-6-11(9-19)24-14-17-12-5-4-10(20(22)23)8-13(12)18-14/h4-5,8,11H,6-7,9H2,1-3H3,(H,17,18). The number of rotatable bonds is 3. The number of ether oxygens (including phenoxy) is 2. The van der Waals surface area contributed by atoms with Crippen LogP contribution in [-0.2, 0) is 4.74 Å². The van der Waals surface area contributed by atoms with Gasteiger partial charge in [-0.1, -0.05) is 0 Å². The third-order valence-electron chi connectivity index (χ3n) is 3.73. The molecule has 1 amide bonds. The molecule has 134 valence electrons. The molecule has 25 heavy (non-hydrogen) atoms. The lowest BCUT2D eigenvalue weighted by Crippen LogP contribution is -2.36. The molecule has 1 aromatic heterocycles. The minimum Gasteiger partial charge on any atom is -0.460 e. The number of benzene rings is 1. The highest BCUT2D eigenvalue weighted by Gasteiger charge is 2.31. The fraction of sp³-hybridized carbons (Fsp3) is 0.500. The Morgan fingerprint density at radius 2 is 2.20 bits per heavy atom. The van der Waals surface area contributed by atoms with Gasteiger partial charge in [0.25, 0.3) is 11.7 Å². The molecule has 1 aliphatic rings. The third-order valence-corrected chi connectivity index (χ3v) is 3.73. The van der Waals surface area contributed by atoms with Gasteiger partial charge in [-0.3, -0.25) is 10.1 Å². The average Bonchev–Trinajstić information content (AvgIpc) is 3.11. The number of H-pyrrole nitrogens is 1. The number of likely N-dealkylation sites (tertiary alicyclic amines) is 1. The van der Waals surface area contributed by atoms with E-state index in [9.17, 15) is 14.9 Å². The second-order valence-corrected chi connectivity index (χ2v) is 6.96. The Kier molecular flexibility index (Phi) is 4.23. The average molecular weight is 348 g/mol. The Bertz CT molecular complexity index is 810. The molecule has 1 N–H and O–H groups in total. The summed E-state index contributed by atoms with van der Waals surface area (Å²) in [5.74, 6) is 0. The largest absolute Gasteiger partial charge is 0.460 e. The Balaban J connectivity index is 1.64. The van der Waals surface area contributed by atoms with Gasteiger partial charge in [0.1, 0.15) is 11.7 Å². The predicted molar refractivity (Wildman–Crippen MR) is 89.6 cm³/mol. The van der Waals surface area contributed by atoms with E-state index in [-0.39, 0.29) is 23.9 Å². The molecule has 1 aliphatic heterocycles. The molecule has 0 radical (unpaired) electrons. The van der Waals surface area contributed by atoms with Crippen molar-refractivity contribution in [3.8, 4) is 6.01 Å². The molecule has 9 heteroatoms. The molecule has 0 spiro atoms. The van der Waals surface area contributed by atoms with Crippen LogP contribution in [0.4, 0.5) is 10.5 Å². The zero-order valence-electron chi connectivity index (χ0n) is 14.3. The Hall–Kier alpha value is -2.84. The van der Waals surface area contributed by atoms with Gasteiger partial charge in [0.15, 0.2) is 0 Å². The van der Waals surface area contributed by atoms with Gasteiger partial charge in [-0.25, -0.2) is 4.79 Å². The van der Waals surface area contributed by atoms with E-state index >= 15 is 0 Å². The van der Waals surface area contributed by atoms with Crippen LogP contribution in [0.2, 0.25) is 0 Å². The normalized spacial score (nSPS) is 17.7. The van der Waals surface area contributed by atoms with Crippen LogP contribution in [0.1, 0.15) is 27.2 Å². The SMILES string of the molecule is CC(C)(C)OC(=O)N1CCC(Oc2nc3ccc([N+](=O)[O-])cc3[nH]2)C1. The number of imidazole rings is 1. The molecule has 0 bridgehead atoms. The lowest BCUT2D eigenvalue weighted by atomic mass is 10.2. The van der Waals surface area contributed by atoms with Crippen LogP contribution in [0.25, 0.3) is 11.0 Å². The highest BCUT2D eigenvalue weighted by atomic mass is 16.6. The second-order valence-electron chi connectivity index (χ2n) is 6.96. The van der Waals surface area contributed by atoms with Crippen LogP contribution < -0.4 is 4.74 Å². The molecule has 1 unspecified atom stereocenters. The first kappa shape index (κ1) is 17.0. The molecule has 0 saturated carbocycles. The summed E-state index contributed by atoms with van der Waals surface area (Å²) in [7, 11) is 0. The van der Waals surface area contributed by atoms with Gasteiger partial charge in [0.2, 0.25) is 0 Å². The molecule has 1 aromatic carbocycles. The minimum atomic E-state index is -0.538. The maximum atomic E-state index is 12.1. The lowest BCUT2D eigenvalue weighted by molar-refractivity contribution is -0.384. The number of nitrogens with zero attached hydrogens (tertiary/aromatic N) is 3. The van der Waals surface area contributed by atoms with Crippen molar-refractivity contribution >= 4 is 22.8 Å². The summed E-state index contributed by atoms with van der Waals surface area (Å²) in [5, 5.41) is 10.8. The number of amides is 1. The van der Waals surface area contributed by atoms with Gasteiger partial charge in [0.05, 0.1) is 22.5 Å². The van der Waals surface area contributed by atoms with Crippen molar-refractivity contribution in [2.45, 2.75) is 38.9 Å². The Labute approximate surface area is 144 Å². The highest BCUT2D eigenvalue weighted by molar-refractivity contribution is 5.78. The monoisotopic (exact) mass is 348 g/mol. The van der Waals surface area contributed by atoms with E-state index < -0.39 is 10.5 Å². The van der Waals surface area contributed by atoms with E-state index in [2.05, 4.69) is 9.97 Å². The van der Waals surface area contributed by atoms with Crippen LogP contribution >= 0.6 is 0 Å². The summed E-state index contributed by atoms with van der Waals surface area (Å²) in [4.78, 5) is 31.2. The summed E-state index contributed by atoms with van der Waals surface area (Å²) in [6.45, 7) is 6.42. The molecule has 9 nitrogen and oxygen atoms in total. The summed E-state index contributed by atoms with van der Waals surface area (Å²) in [6, 6.07) is 4.66. The van der Waals surface area contributed by atoms with E-state index in [4.69, 9.17) is 9.47 Å². The van der Waals surface area contributed by atoms with Crippen molar-refractivity contribution in [1.29, 1.82) is 0 Å². The number of carbonyl (C=O) groups is 1. The Morgan fingerprint density at radius 3 is 2.88 bits per heavy atom. The number of nitrogens with one attached hydrogen (secondary N) is 1. The quantitative estimate of drug-likeness (QED) is 0.674. The van der Waals surface area contributed by atoms with Gasteiger partial charge in [-0.2, -0.15) is 4.98 Å². The number of nitro groups is 1. The van der Waals surface area contributed by atoms with Gasteiger partial charge in [-0.15, -0.1) is 0 Å². The predicted octanol–water partition coefficient (Wildman–Crippen LogP) is 2.86. The molecule has 0 aliphatic carbocycles. The van der Waals surface area contributed by atoms with Crippen molar-refractivity contribution in [3.05, 3.63) is 28.3 Å². The van der Waals surface area contributed by atoms with E-state index in [1.807, 2.05) is 20.8 Å². The van der Waals surface area contributed by atoms with Crippen LogP contribution in [0, 0.1) is 10.1 Å². The van der Waals surface area contributed by atoms with E-state index in [1.54, 1.807) is 11.0 Å². The number of non-ortho nitro benzene ring substituents is 1. The number of hydrogen-bond acceptors (Lipinski definition) is 6. The summed E-state index contributed by atoms with van der Waals surface area (Å²) in [6.07, 6.45) is 0.0954. The van der Waals surface area contributed by atoms with Crippen LogP contribution in [0.5, 0.6) is 6.01 Å².